The highest BCUT2D eigenvalue weighted by Crippen LogP contribution is 2.24. The van der Waals surface area contributed by atoms with E-state index in [1.54, 1.807) is 24.5 Å². The van der Waals surface area contributed by atoms with Crippen LogP contribution in [0.2, 0.25) is 0 Å². The maximum Gasteiger partial charge on any atom is 0.289 e. The van der Waals surface area contributed by atoms with Crippen molar-refractivity contribution in [1.82, 2.24) is 9.97 Å². The molecular weight excluding hydrogens is 246 g/mol. The third kappa shape index (κ3) is 2.69. The molecule has 0 amide bonds. The first-order valence-electron chi connectivity index (χ1n) is 5.56. The van der Waals surface area contributed by atoms with Gasteiger partial charge in [-0.05, 0) is 19.1 Å². The normalized spacial score (nSPS) is 11.6. The number of aromatic amines is 1. The number of hydrogen-bond acceptors (Lipinski definition) is 5. The number of nitro benzene ring substituents is 1. The number of aromatic nitrogens is 2. The van der Waals surface area contributed by atoms with Crippen LogP contribution in [0.3, 0.4) is 0 Å². The number of nitrogens with one attached hydrogen (secondary N) is 2. The van der Waals surface area contributed by atoms with Crippen LogP contribution in [0.25, 0.3) is 0 Å². The first-order chi connectivity index (χ1) is 9.11. The Morgan fingerprint density at radius 1 is 1.58 bits per heavy atom. The molecule has 1 aromatic heterocycles. The van der Waals surface area contributed by atoms with Gasteiger partial charge in [-0.3, -0.25) is 10.1 Å². The van der Waals surface area contributed by atoms with Gasteiger partial charge in [0.25, 0.3) is 5.69 Å². The number of H-pyrrole nitrogens is 1. The summed E-state index contributed by atoms with van der Waals surface area (Å²) >= 11 is 0. The lowest BCUT2D eigenvalue weighted by Crippen LogP contribution is -2.08. The van der Waals surface area contributed by atoms with Gasteiger partial charge in [0.1, 0.15) is 17.5 Å². The van der Waals surface area contributed by atoms with E-state index in [-0.39, 0.29) is 17.3 Å². The zero-order valence-electron chi connectivity index (χ0n) is 10.1. The van der Waals surface area contributed by atoms with Crippen molar-refractivity contribution in [2.45, 2.75) is 13.0 Å². The predicted octanol–water partition coefficient (Wildman–Crippen LogP) is 2.36. The Balaban J connectivity index is 2.25. The zero-order valence-corrected chi connectivity index (χ0v) is 10.1. The molecule has 0 saturated carbocycles. The molecule has 0 aliphatic heterocycles. The van der Waals surface area contributed by atoms with Crippen LogP contribution >= 0.6 is 0 Å². The lowest BCUT2D eigenvalue weighted by Gasteiger charge is -2.12. The van der Waals surface area contributed by atoms with Crippen LogP contribution in [-0.4, -0.2) is 14.9 Å². The molecule has 0 aliphatic rings. The van der Waals surface area contributed by atoms with Crippen molar-refractivity contribution in [3.05, 3.63) is 52.1 Å². The second-order valence-electron chi connectivity index (χ2n) is 3.94. The van der Waals surface area contributed by atoms with Crippen LogP contribution in [0, 0.1) is 21.4 Å². The smallest absolute Gasteiger partial charge is 0.289 e. The fourth-order valence-electron chi connectivity index (χ4n) is 1.70. The quantitative estimate of drug-likeness (QED) is 0.645. The minimum Gasteiger partial charge on any atom is -0.375 e. The third-order valence-corrected chi connectivity index (χ3v) is 2.63. The molecule has 1 atom stereocenters. The number of nitriles is 1. The molecule has 1 aromatic carbocycles. The molecule has 0 radical (unpaired) electrons. The van der Waals surface area contributed by atoms with E-state index in [0.29, 0.717) is 5.69 Å². The first-order valence-corrected chi connectivity index (χ1v) is 5.56. The minimum atomic E-state index is -0.568. The Hall–Kier alpha value is -2.88. The van der Waals surface area contributed by atoms with Crippen molar-refractivity contribution in [1.29, 1.82) is 5.26 Å². The van der Waals surface area contributed by atoms with Crippen LogP contribution in [-0.2, 0) is 0 Å². The Labute approximate surface area is 109 Å². The average Bonchev–Trinajstić information content (AvgIpc) is 2.92. The van der Waals surface area contributed by atoms with Crippen molar-refractivity contribution in [3.63, 3.8) is 0 Å². The van der Waals surface area contributed by atoms with Gasteiger partial charge >= 0.3 is 0 Å². The summed E-state index contributed by atoms with van der Waals surface area (Å²) in [5.41, 5.74) is 0.398. The molecule has 0 fully saturated rings. The summed E-state index contributed by atoms with van der Waals surface area (Å²) in [5, 5.41) is 22.7. The fourth-order valence-corrected chi connectivity index (χ4v) is 1.70. The standard InChI is InChI=1S/C12H11N5O2/c1-8(12-14-4-5-15-12)16-10-3-2-9(7-13)11(6-10)17(18)19/h2-6,8,16H,1H3,(H,14,15). The van der Waals surface area contributed by atoms with Gasteiger partial charge in [0.2, 0.25) is 0 Å². The summed E-state index contributed by atoms with van der Waals surface area (Å²) in [7, 11) is 0. The van der Waals surface area contributed by atoms with Gasteiger partial charge in [0.05, 0.1) is 11.0 Å². The van der Waals surface area contributed by atoms with E-state index in [4.69, 9.17) is 5.26 Å². The minimum absolute atomic E-state index is 0.0428. The molecule has 96 valence electrons. The summed E-state index contributed by atoms with van der Waals surface area (Å²) < 4.78 is 0. The van der Waals surface area contributed by atoms with Gasteiger partial charge < -0.3 is 10.3 Å². The Morgan fingerprint density at radius 2 is 2.37 bits per heavy atom. The SMILES string of the molecule is CC(Nc1ccc(C#N)c([N+](=O)[O-])c1)c1ncc[nH]1. The van der Waals surface area contributed by atoms with Gasteiger partial charge in [-0.25, -0.2) is 4.98 Å². The monoisotopic (exact) mass is 257 g/mol. The van der Waals surface area contributed by atoms with Crippen molar-refractivity contribution in [2.24, 2.45) is 0 Å². The molecule has 0 saturated heterocycles. The van der Waals surface area contributed by atoms with Crippen molar-refractivity contribution >= 4 is 11.4 Å². The zero-order chi connectivity index (χ0) is 13.8. The molecule has 1 heterocycles. The predicted molar refractivity (Wildman–Crippen MR) is 68.4 cm³/mol. The molecule has 7 nitrogen and oxygen atoms in total. The second kappa shape index (κ2) is 5.18. The number of nitrogens with zero attached hydrogens (tertiary/aromatic N) is 3. The lowest BCUT2D eigenvalue weighted by atomic mass is 10.1. The molecule has 2 N–H and O–H groups in total. The molecule has 0 bridgehead atoms. The van der Waals surface area contributed by atoms with Gasteiger partial charge in [-0.1, -0.05) is 0 Å². The van der Waals surface area contributed by atoms with E-state index in [1.165, 1.54) is 12.1 Å². The second-order valence-corrected chi connectivity index (χ2v) is 3.94. The van der Waals surface area contributed by atoms with E-state index in [1.807, 2.05) is 6.92 Å². The van der Waals surface area contributed by atoms with Crippen molar-refractivity contribution < 1.29 is 4.92 Å². The number of imidazole rings is 1. The Morgan fingerprint density at radius 3 is 2.95 bits per heavy atom. The van der Waals surface area contributed by atoms with Crippen LogP contribution in [0.5, 0.6) is 0 Å². The molecular formula is C12H11N5O2. The highest BCUT2D eigenvalue weighted by molar-refractivity contribution is 5.59. The van der Waals surface area contributed by atoms with Crippen LogP contribution in [0.1, 0.15) is 24.4 Å². The number of hydrogen-bond donors (Lipinski definition) is 2. The summed E-state index contributed by atoms with van der Waals surface area (Å²) in [4.78, 5) is 17.3. The maximum atomic E-state index is 10.9. The Kier molecular flexibility index (Phi) is 3.43. The summed E-state index contributed by atoms with van der Waals surface area (Å²) in [6.07, 6.45) is 3.34. The lowest BCUT2D eigenvalue weighted by molar-refractivity contribution is -0.385. The van der Waals surface area contributed by atoms with Crippen LogP contribution in [0.4, 0.5) is 11.4 Å². The first kappa shape index (κ1) is 12.6. The van der Waals surface area contributed by atoms with Crippen LogP contribution < -0.4 is 5.32 Å². The van der Waals surface area contributed by atoms with Gasteiger partial charge in [0, 0.05) is 24.1 Å². The van der Waals surface area contributed by atoms with E-state index in [2.05, 4.69) is 15.3 Å². The summed E-state index contributed by atoms with van der Waals surface area (Å²) in [6, 6.07) is 6.08. The van der Waals surface area contributed by atoms with E-state index >= 15 is 0 Å². The Bertz CT molecular complexity index is 630. The number of benzene rings is 1. The average molecular weight is 257 g/mol. The molecule has 19 heavy (non-hydrogen) atoms. The van der Waals surface area contributed by atoms with Gasteiger partial charge in [-0.15, -0.1) is 0 Å². The number of nitro groups is 1. The summed E-state index contributed by atoms with van der Waals surface area (Å²) in [5.74, 6) is 0.729. The van der Waals surface area contributed by atoms with E-state index < -0.39 is 4.92 Å². The van der Waals surface area contributed by atoms with E-state index in [9.17, 15) is 10.1 Å². The largest absolute Gasteiger partial charge is 0.375 e. The topological polar surface area (TPSA) is 108 Å². The highest BCUT2D eigenvalue weighted by Gasteiger charge is 2.15. The third-order valence-electron chi connectivity index (χ3n) is 2.63. The van der Waals surface area contributed by atoms with E-state index in [0.717, 1.165) is 5.82 Å². The highest BCUT2D eigenvalue weighted by atomic mass is 16.6. The van der Waals surface area contributed by atoms with Crippen LogP contribution in [0.15, 0.2) is 30.6 Å². The molecule has 1 unspecified atom stereocenters. The van der Waals surface area contributed by atoms with Gasteiger partial charge in [0.15, 0.2) is 0 Å². The molecule has 2 aromatic rings. The molecule has 0 aliphatic carbocycles. The van der Waals surface area contributed by atoms with Crippen molar-refractivity contribution in [3.8, 4) is 6.07 Å². The van der Waals surface area contributed by atoms with Crippen molar-refractivity contribution in [2.75, 3.05) is 5.32 Å². The maximum absolute atomic E-state index is 10.9. The fraction of sp³-hybridized carbons (Fsp3) is 0.167. The number of anilines is 1. The number of rotatable bonds is 4. The van der Waals surface area contributed by atoms with Gasteiger partial charge in [-0.2, -0.15) is 5.26 Å². The molecule has 2 rings (SSSR count). The molecule has 0 spiro atoms. The summed E-state index contributed by atoms with van der Waals surface area (Å²) in [6.45, 7) is 1.88. The molecule has 7 heteroatoms.